The Morgan fingerprint density at radius 2 is 1.88 bits per heavy atom. The Hall–Kier alpha value is -3.18. The minimum atomic E-state index is -0.322. The highest BCUT2D eigenvalue weighted by Gasteiger charge is 2.39. The molecule has 0 aromatic carbocycles. The highest BCUT2D eigenvalue weighted by molar-refractivity contribution is 7.09. The van der Waals surface area contributed by atoms with Crippen molar-refractivity contribution in [2.75, 3.05) is 31.9 Å². The number of aromatic nitrogens is 5. The fourth-order valence-corrected chi connectivity index (χ4v) is 7.75. The summed E-state index contributed by atoms with van der Waals surface area (Å²) >= 11 is 1.43. The van der Waals surface area contributed by atoms with Crippen molar-refractivity contribution < 1.29 is 9.59 Å². The lowest BCUT2D eigenvalue weighted by Gasteiger charge is -2.45. The highest BCUT2D eigenvalue weighted by atomic mass is 32.1. The Kier molecular flexibility index (Phi) is 7.22. The zero-order valence-corrected chi connectivity index (χ0v) is 25.3. The lowest BCUT2D eigenvalue weighted by Crippen LogP contribution is -2.51. The van der Waals surface area contributed by atoms with Crippen LogP contribution in [0.15, 0.2) is 11.6 Å². The fraction of sp³-hybridized carbons (Fsp3) is 0.600. The Morgan fingerprint density at radius 1 is 1.10 bits per heavy atom. The van der Waals surface area contributed by atoms with E-state index in [-0.39, 0.29) is 35.9 Å². The number of likely N-dealkylation sites (tertiary alicyclic amines) is 2. The van der Waals surface area contributed by atoms with Crippen molar-refractivity contribution in [3.63, 3.8) is 0 Å². The number of anilines is 1. The lowest BCUT2D eigenvalue weighted by atomic mass is 9.73. The molecule has 3 aliphatic rings. The number of nitrogens with two attached hydrogens (primary N) is 1. The molecule has 0 unspecified atom stereocenters. The molecule has 3 N–H and O–H groups in total. The number of nitrogens with one attached hydrogen (secondary N) is 1. The Balaban J connectivity index is 1.07. The molecule has 5 heterocycles. The molecule has 2 fully saturated rings. The first kappa shape index (κ1) is 28.0. The maximum absolute atomic E-state index is 13.5. The Labute approximate surface area is 245 Å². The predicted octanol–water partition coefficient (Wildman–Crippen LogP) is 3.82. The van der Waals surface area contributed by atoms with Crippen molar-refractivity contribution in [2.45, 2.75) is 84.1 Å². The van der Waals surface area contributed by atoms with E-state index in [4.69, 9.17) is 5.73 Å². The van der Waals surface area contributed by atoms with Gasteiger partial charge in [-0.3, -0.25) is 19.6 Å². The molecule has 0 radical (unpaired) electrons. The molecule has 218 valence electrons. The topological polar surface area (TPSA) is 134 Å². The number of carbonyl (C=O) groups is 2. The van der Waals surface area contributed by atoms with Crippen LogP contribution in [0.2, 0.25) is 0 Å². The molecule has 1 amide bonds. The maximum atomic E-state index is 13.5. The van der Waals surface area contributed by atoms with Gasteiger partial charge in [-0.05, 0) is 55.0 Å². The summed E-state index contributed by atoms with van der Waals surface area (Å²) in [5.41, 5.74) is 10.3. The number of rotatable bonds is 6. The van der Waals surface area contributed by atoms with E-state index in [1.54, 1.807) is 6.20 Å². The van der Waals surface area contributed by atoms with Gasteiger partial charge in [0.1, 0.15) is 16.4 Å². The quantitative estimate of drug-likeness (QED) is 0.423. The Bertz CT molecular complexity index is 1470. The Morgan fingerprint density at radius 3 is 2.63 bits per heavy atom. The van der Waals surface area contributed by atoms with E-state index in [1.807, 2.05) is 10.3 Å². The zero-order valence-electron chi connectivity index (χ0n) is 24.5. The number of aromatic amines is 1. The molecule has 3 aromatic rings. The standard InChI is InChI=1S/C30H40N8O2S/c1-29(2)8-5-9-38(17-29)20-6-10-37(11-7-20)23(40)12-19-16-41-22(33-19)13-21(39)26-24-27(36-35-26)25-18(14-30(24,3)4)15-32-28(31)34-25/h15-16,20H,5-14,17H2,1-4H3,(H,35,36)(H2,31,32,34). The number of Topliss-reactive ketones (excluding diaryl/α,β-unsaturated/α-hetero) is 1. The average molecular weight is 577 g/mol. The molecule has 6 rings (SSSR count). The number of thiazole rings is 1. The van der Waals surface area contributed by atoms with Gasteiger partial charge >= 0.3 is 0 Å². The van der Waals surface area contributed by atoms with E-state index in [0.717, 1.165) is 49.3 Å². The smallest absolute Gasteiger partial charge is 0.228 e. The van der Waals surface area contributed by atoms with E-state index in [9.17, 15) is 9.59 Å². The normalized spacial score (nSPS) is 20.4. The molecular weight excluding hydrogens is 536 g/mol. The molecule has 3 aromatic heterocycles. The number of fused-ring (bicyclic) bond motifs is 3. The summed E-state index contributed by atoms with van der Waals surface area (Å²) in [4.78, 5) is 44.4. The second-order valence-corrected chi connectivity index (χ2v) is 14.3. The summed E-state index contributed by atoms with van der Waals surface area (Å²) in [7, 11) is 0. The summed E-state index contributed by atoms with van der Waals surface area (Å²) < 4.78 is 0. The van der Waals surface area contributed by atoms with Gasteiger partial charge in [-0.2, -0.15) is 5.10 Å². The number of H-pyrrole nitrogens is 1. The van der Waals surface area contributed by atoms with Crippen LogP contribution in [0.5, 0.6) is 0 Å². The van der Waals surface area contributed by atoms with E-state index in [1.165, 1.54) is 30.7 Å². The SMILES string of the molecule is CC1(C)CCCN(C2CCN(C(=O)Cc3csc(CC(=O)c4[nH]nc5c4C(C)(C)Cc4cnc(N)nc4-5)n3)CC2)C1. The molecule has 0 bridgehead atoms. The number of carbonyl (C=O) groups excluding carboxylic acids is 2. The number of piperidine rings is 2. The van der Waals surface area contributed by atoms with Crippen molar-refractivity contribution in [1.29, 1.82) is 0 Å². The third-order valence-electron chi connectivity index (χ3n) is 8.97. The molecule has 0 atom stereocenters. The van der Waals surface area contributed by atoms with Gasteiger partial charge in [0, 0.05) is 42.8 Å². The third-order valence-corrected chi connectivity index (χ3v) is 9.87. The largest absolute Gasteiger partial charge is 0.368 e. The van der Waals surface area contributed by atoms with Crippen molar-refractivity contribution in [3.8, 4) is 11.4 Å². The summed E-state index contributed by atoms with van der Waals surface area (Å²) in [6, 6.07) is 0.576. The summed E-state index contributed by atoms with van der Waals surface area (Å²) in [5, 5.41) is 10.1. The van der Waals surface area contributed by atoms with Gasteiger partial charge in [-0.1, -0.05) is 27.7 Å². The number of amides is 1. The number of nitrogen functional groups attached to an aromatic ring is 1. The van der Waals surface area contributed by atoms with Crippen LogP contribution in [-0.2, 0) is 29.5 Å². The van der Waals surface area contributed by atoms with Crippen LogP contribution in [0, 0.1) is 5.41 Å². The maximum Gasteiger partial charge on any atom is 0.228 e. The first-order chi connectivity index (χ1) is 19.5. The second-order valence-electron chi connectivity index (χ2n) is 13.3. The number of hydrogen-bond acceptors (Lipinski definition) is 9. The van der Waals surface area contributed by atoms with Gasteiger partial charge in [0.15, 0.2) is 5.78 Å². The van der Waals surface area contributed by atoms with Gasteiger partial charge in [-0.15, -0.1) is 11.3 Å². The predicted molar refractivity (Wildman–Crippen MR) is 159 cm³/mol. The van der Waals surface area contributed by atoms with Crippen LogP contribution in [0.3, 0.4) is 0 Å². The molecule has 0 saturated carbocycles. The molecule has 1 aliphatic carbocycles. The van der Waals surface area contributed by atoms with Gasteiger partial charge in [0.2, 0.25) is 11.9 Å². The summed E-state index contributed by atoms with van der Waals surface area (Å²) in [6.45, 7) is 12.9. The highest BCUT2D eigenvalue weighted by Crippen LogP contribution is 2.43. The van der Waals surface area contributed by atoms with Crippen LogP contribution in [-0.4, -0.2) is 78.9 Å². The molecule has 2 aliphatic heterocycles. The molecule has 10 nitrogen and oxygen atoms in total. The molecular formula is C30H40N8O2S. The monoisotopic (exact) mass is 576 g/mol. The van der Waals surface area contributed by atoms with Crippen LogP contribution >= 0.6 is 11.3 Å². The molecule has 41 heavy (non-hydrogen) atoms. The van der Waals surface area contributed by atoms with Gasteiger partial charge in [-0.25, -0.2) is 15.0 Å². The molecule has 11 heteroatoms. The van der Waals surface area contributed by atoms with Crippen LogP contribution in [0.4, 0.5) is 5.95 Å². The van der Waals surface area contributed by atoms with E-state index < -0.39 is 0 Å². The van der Waals surface area contributed by atoms with Gasteiger partial charge < -0.3 is 10.6 Å². The second kappa shape index (κ2) is 10.6. The van der Waals surface area contributed by atoms with Crippen LogP contribution < -0.4 is 5.73 Å². The first-order valence-electron chi connectivity index (χ1n) is 14.7. The minimum absolute atomic E-state index is 0.0764. The zero-order chi connectivity index (χ0) is 28.9. The molecule has 2 saturated heterocycles. The van der Waals surface area contributed by atoms with Crippen molar-refractivity contribution >= 4 is 29.0 Å². The minimum Gasteiger partial charge on any atom is -0.368 e. The first-order valence-corrected chi connectivity index (χ1v) is 15.6. The van der Waals surface area contributed by atoms with E-state index in [2.05, 4.69) is 57.7 Å². The third kappa shape index (κ3) is 5.66. The van der Waals surface area contributed by atoms with Crippen molar-refractivity contribution in [1.82, 2.24) is 34.9 Å². The van der Waals surface area contributed by atoms with Crippen LogP contribution in [0.1, 0.15) is 85.7 Å². The number of nitrogens with zero attached hydrogens (tertiary/aromatic N) is 6. The fourth-order valence-electron chi connectivity index (χ4n) is 6.96. The number of hydrogen-bond donors (Lipinski definition) is 2. The van der Waals surface area contributed by atoms with Crippen molar-refractivity contribution in [3.05, 3.63) is 39.1 Å². The van der Waals surface area contributed by atoms with E-state index >= 15 is 0 Å². The average Bonchev–Trinajstić information content (AvgIpc) is 3.57. The number of ketones is 1. The van der Waals surface area contributed by atoms with Gasteiger partial charge in [0.25, 0.3) is 0 Å². The molecule has 0 spiro atoms. The van der Waals surface area contributed by atoms with Gasteiger partial charge in [0.05, 0.1) is 24.2 Å². The van der Waals surface area contributed by atoms with Crippen molar-refractivity contribution in [2.24, 2.45) is 5.41 Å². The summed E-state index contributed by atoms with van der Waals surface area (Å²) in [5.74, 6) is 0.230. The van der Waals surface area contributed by atoms with E-state index in [0.29, 0.717) is 40.0 Å². The summed E-state index contributed by atoms with van der Waals surface area (Å²) in [6.07, 6.45) is 7.49. The lowest BCUT2D eigenvalue weighted by molar-refractivity contribution is -0.132. The van der Waals surface area contributed by atoms with Crippen LogP contribution in [0.25, 0.3) is 11.4 Å².